The fourth-order valence-electron chi connectivity index (χ4n) is 1.20. The van der Waals surface area contributed by atoms with Crippen LogP contribution in [0.4, 0.5) is 4.39 Å². The molecule has 0 unspecified atom stereocenters. The van der Waals surface area contributed by atoms with Crippen molar-refractivity contribution in [2.24, 2.45) is 5.73 Å². The maximum absolute atomic E-state index is 13.3. The molecule has 0 aliphatic rings. The van der Waals surface area contributed by atoms with Crippen LogP contribution < -0.4 is 10.5 Å². The molecule has 0 radical (unpaired) electrons. The SMILES string of the molecule is COC[C@H](N)c1cc(OC)ccc1F. The molecule has 0 saturated heterocycles. The molecule has 0 aliphatic heterocycles. The number of rotatable bonds is 4. The van der Waals surface area contributed by atoms with E-state index in [1.807, 2.05) is 0 Å². The highest BCUT2D eigenvalue weighted by Gasteiger charge is 2.11. The molecule has 14 heavy (non-hydrogen) atoms. The van der Waals surface area contributed by atoms with E-state index in [1.165, 1.54) is 20.3 Å². The number of ether oxygens (including phenoxy) is 2. The normalized spacial score (nSPS) is 12.6. The maximum Gasteiger partial charge on any atom is 0.128 e. The number of hydrogen-bond acceptors (Lipinski definition) is 3. The van der Waals surface area contributed by atoms with E-state index in [0.29, 0.717) is 11.3 Å². The molecule has 4 heteroatoms. The second-order valence-corrected chi connectivity index (χ2v) is 2.95. The number of hydrogen-bond donors (Lipinski definition) is 1. The zero-order valence-electron chi connectivity index (χ0n) is 8.29. The molecule has 0 saturated carbocycles. The van der Waals surface area contributed by atoms with Gasteiger partial charge in [-0.05, 0) is 18.2 Å². The molecule has 0 amide bonds. The van der Waals surface area contributed by atoms with E-state index in [1.54, 1.807) is 12.1 Å². The Morgan fingerprint density at radius 1 is 1.43 bits per heavy atom. The first kappa shape index (κ1) is 10.9. The summed E-state index contributed by atoms with van der Waals surface area (Å²) in [7, 11) is 3.05. The molecule has 2 N–H and O–H groups in total. The van der Waals surface area contributed by atoms with Crippen LogP contribution in [0.1, 0.15) is 11.6 Å². The second-order valence-electron chi connectivity index (χ2n) is 2.95. The summed E-state index contributed by atoms with van der Waals surface area (Å²) in [5, 5.41) is 0. The first-order valence-electron chi connectivity index (χ1n) is 4.27. The minimum absolute atomic E-state index is 0.282. The molecule has 0 fully saturated rings. The van der Waals surface area contributed by atoms with Crippen molar-refractivity contribution in [2.75, 3.05) is 20.8 Å². The molecule has 1 rings (SSSR count). The Balaban J connectivity index is 2.93. The van der Waals surface area contributed by atoms with Gasteiger partial charge >= 0.3 is 0 Å². The average Bonchev–Trinajstić information content (AvgIpc) is 2.19. The highest BCUT2D eigenvalue weighted by Crippen LogP contribution is 2.21. The molecule has 0 bridgehead atoms. The fraction of sp³-hybridized carbons (Fsp3) is 0.400. The van der Waals surface area contributed by atoms with Gasteiger partial charge in [0, 0.05) is 12.7 Å². The van der Waals surface area contributed by atoms with Crippen molar-refractivity contribution in [1.29, 1.82) is 0 Å². The molecule has 0 spiro atoms. The van der Waals surface area contributed by atoms with E-state index >= 15 is 0 Å². The summed E-state index contributed by atoms with van der Waals surface area (Å²) in [4.78, 5) is 0. The Kier molecular flexibility index (Phi) is 3.85. The number of halogens is 1. The van der Waals surface area contributed by atoms with Crippen LogP contribution in [0.5, 0.6) is 5.75 Å². The topological polar surface area (TPSA) is 44.5 Å². The van der Waals surface area contributed by atoms with Crippen molar-refractivity contribution in [3.8, 4) is 5.75 Å². The van der Waals surface area contributed by atoms with Crippen molar-refractivity contribution in [2.45, 2.75) is 6.04 Å². The average molecular weight is 199 g/mol. The lowest BCUT2D eigenvalue weighted by atomic mass is 10.1. The standard InChI is InChI=1S/C10H14FNO2/c1-13-6-10(12)8-5-7(14-2)3-4-9(8)11/h3-5,10H,6,12H2,1-2H3/t10-/m0/s1. The largest absolute Gasteiger partial charge is 0.497 e. The summed E-state index contributed by atoms with van der Waals surface area (Å²) in [5.74, 6) is 0.253. The van der Waals surface area contributed by atoms with Crippen LogP contribution in [-0.2, 0) is 4.74 Å². The van der Waals surface area contributed by atoms with E-state index in [9.17, 15) is 4.39 Å². The van der Waals surface area contributed by atoms with Crippen LogP contribution in [0.2, 0.25) is 0 Å². The molecular formula is C10H14FNO2. The molecule has 0 aromatic heterocycles. The predicted molar refractivity (Wildman–Crippen MR) is 51.8 cm³/mol. The van der Waals surface area contributed by atoms with Crippen molar-refractivity contribution in [3.05, 3.63) is 29.6 Å². The predicted octanol–water partition coefficient (Wildman–Crippen LogP) is 1.48. The van der Waals surface area contributed by atoms with Gasteiger partial charge in [-0.15, -0.1) is 0 Å². The smallest absolute Gasteiger partial charge is 0.128 e. The Bertz CT molecular complexity index is 304. The van der Waals surface area contributed by atoms with Crippen LogP contribution in [0.25, 0.3) is 0 Å². The summed E-state index contributed by atoms with van der Waals surface area (Å²) in [6.07, 6.45) is 0. The molecule has 1 atom stereocenters. The first-order chi connectivity index (χ1) is 6.69. The highest BCUT2D eigenvalue weighted by molar-refractivity contribution is 5.31. The second kappa shape index (κ2) is 4.93. The number of nitrogens with two attached hydrogens (primary N) is 1. The zero-order chi connectivity index (χ0) is 10.6. The van der Waals surface area contributed by atoms with Gasteiger partial charge in [0.25, 0.3) is 0 Å². The van der Waals surface area contributed by atoms with Crippen LogP contribution in [0.3, 0.4) is 0 Å². The fourth-order valence-corrected chi connectivity index (χ4v) is 1.20. The van der Waals surface area contributed by atoms with Gasteiger partial charge in [-0.2, -0.15) is 0 Å². The summed E-state index contributed by atoms with van der Waals surface area (Å²) in [6, 6.07) is 4.01. The van der Waals surface area contributed by atoms with Gasteiger partial charge in [0.1, 0.15) is 11.6 Å². The molecule has 0 aliphatic carbocycles. The molecule has 3 nitrogen and oxygen atoms in total. The summed E-state index contributed by atoms with van der Waals surface area (Å²) >= 11 is 0. The van der Waals surface area contributed by atoms with E-state index in [-0.39, 0.29) is 12.4 Å². The van der Waals surface area contributed by atoms with Crippen LogP contribution >= 0.6 is 0 Å². The Labute approximate surface area is 82.6 Å². The van der Waals surface area contributed by atoms with Crippen molar-refractivity contribution in [3.63, 3.8) is 0 Å². The van der Waals surface area contributed by atoms with Gasteiger partial charge < -0.3 is 15.2 Å². The third-order valence-electron chi connectivity index (χ3n) is 1.95. The number of benzene rings is 1. The van der Waals surface area contributed by atoms with Gasteiger partial charge in [-0.3, -0.25) is 0 Å². The van der Waals surface area contributed by atoms with Crippen molar-refractivity contribution in [1.82, 2.24) is 0 Å². The van der Waals surface area contributed by atoms with Crippen LogP contribution in [0.15, 0.2) is 18.2 Å². The van der Waals surface area contributed by atoms with E-state index in [2.05, 4.69) is 0 Å². The van der Waals surface area contributed by atoms with Gasteiger partial charge in [0.2, 0.25) is 0 Å². The zero-order valence-corrected chi connectivity index (χ0v) is 8.29. The van der Waals surface area contributed by atoms with Gasteiger partial charge in [0.05, 0.1) is 19.8 Å². The van der Waals surface area contributed by atoms with Gasteiger partial charge in [-0.1, -0.05) is 0 Å². The quantitative estimate of drug-likeness (QED) is 0.798. The molecular weight excluding hydrogens is 185 g/mol. The summed E-state index contributed by atoms with van der Waals surface area (Å²) in [6.45, 7) is 0.282. The molecule has 1 aromatic rings. The summed E-state index contributed by atoms with van der Waals surface area (Å²) < 4.78 is 23.1. The third kappa shape index (κ3) is 2.43. The highest BCUT2D eigenvalue weighted by atomic mass is 19.1. The van der Waals surface area contributed by atoms with Gasteiger partial charge in [0.15, 0.2) is 0 Å². The lowest BCUT2D eigenvalue weighted by molar-refractivity contribution is 0.179. The minimum atomic E-state index is -0.463. The van der Waals surface area contributed by atoms with E-state index in [0.717, 1.165) is 0 Å². The first-order valence-corrected chi connectivity index (χ1v) is 4.27. The summed E-state index contributed by atoms with van der Waals surface area (Å²) in [5.41, 5.74) is 6.12. The van der Waals surface area contributed by atoms with E-state index < -0.39 is 6.04 Å². The molecule has 0 heterocycles. The Morgan fingerprint density at radius 2 is 2.14 bits per heavy atom. The monoisotopic (exact) mass is 199 g/mol. The number of methoxy groups -OCH3 is 2. The third-order valence-corrected chi connectivity index (χ3v) is 1.95. The Hall–Kier alpha value is -1.13. The lowest BCUT2D eigenvalue weighted by Crippen LogP contribution is -2.17. The lowest BCUT2D eigenvalue weighted by Gasteiger charge is -2.12. The van der Waals surface area contributed by atoms with Crippen molar-refractivity contribution >= 4 is 0 Å². The Morgan fingerprint density at radius 3 is 2.71 bits per heavy atom. The van der Waals surface area contributed by atoms with Crippen LogP contribution in [0, 0.1) is 5.82 Å². The maximum atomic E-state index is 13.3. The van der Waals surface area contributed by atoms with E-state index in [4.69, 9.17) is 15.2 Å². The molecule has 78 valence electrons. The molecule has 1 aromatic carbocycles. The van der Waals surface area contributed by atoms with Crippen molar-refractivity contribution < 1.29 is 13.9 Å². The minimum Gasteiger partial charge on any atom is -0.497 e. The van der Waals surface area contributed by atoms with Gasteiger partial charge in [-0.25, -0.2) is 4.39 Å². The van der Waals surface area contributed by atoms with Crippen LogP contribution in [-0.4, -0.2) is 20.8 Å².